The Morgan fingerprint density at radius 3 is 1.24 bits per heavy atom. The molecule has 0 fully saturated rings. The van der Waals surface area contributed by atoms with Crippen molar-refractivity contribution in [3.8, 4) is 22.6 Å². The molecule has 190 valence electrons. The van der Waals surface area contributed by atoms with Crippen molar-refractivity contribution >= 4 is 0 Å². The summed E-state index contributed by atoms with van der Waals surface area (Å²) in [5.41, 5.74) is 9.99. The molecule has 0 heterocycles. The molecule has 0 bridgehead atoms. The maximum Gasteiger partial charge on any atom is 0.118 e. The van der Waals surface area contributed by atoms with Crippen molar-refractivity contribution in [2.24, 2.45) is 0 Å². The molecule has 0 unspecified atom stereocenters. The highest BCUT2D eigenvalue weighted by molar-refractivity contribution is 5.88. The standard InChI is InChI=1S/C33H36N2O2/c1-34(2)21-23-9-7-11-29-30-12-8-10-24(22-35(3)4)32(30)33(31(23)29,25-13-17-27(36-5)18-14-25)26-15-19-28(37-6)20-16-26/h7-20H,21-22H2,1-6H3. The highest BCUT2D eigenvalue weighted by Crippen LogP contribution is 2.58. The summed E-state index contributed by atoms with van der Waals surface area (Å²) in [4.78, 5) is 4.51. The summed E-state index contributed by atoms with van der Waals surface area (Å²) in [6.07, 6.45) is 0. The van der Waals surface area contributed by atoms with E-state index in [2.05, 4.69) is 123 Å². The molecule has 0 N–H and O–H groups in total. The topological polar surface area (TPSA) is 24.9 Å². The van der Waals surface area contributed by atoms with Crippen molar-refractivity contribution in [2.75, 3.05) is 42.4 Å². The molecule has 4 nitrogen and oxygen atoms in total. The van der Waals surface area contributed by atoms with Gasteiger partial charge in [0.2, 0.25) is 0 Å². The SMILES string of the molecule is COc1ccc(C2(c3ccc(OC)cc3)c3c(CN(C)C)cccc3-c3cccc(CN(C)C)c32)cc1. The summed E-state index contributed by atoms with van der Waals surface area (Å²) >= 11 is 0. The zero-order chi connectivity index (χ0) is 26.2. The van der Waals surface area contributed by atoms with Gasteiger partial charge in [-0.25, -0.2) is 0 Å². The molecule has 1 aliphatic rings. The lowest BCUT2D eigenvalue weighted by Gasteiger charge is -2.37. The van der Waals surface area contributed by atoms with E-state index in [9.17, 15) is 0 Å². The van der Waals surface area contributed by atoms with Crippen LogP contribution in [0.1, 0.15) is 33.4 Å². The van der Waals surface area contributed by atoms with Crippen LogP contribution in [0.3, 0.4) is 0 Å². The number of hydrogen-bond donors (Lipinski definition) is 0. The van der Waals surface area contributed by atoms with E-state index in [1.54, 1.807) is 14.2 Å². The lowest BCUT2D eigenvalue weighted by molar-refractivity contribution is 0.396. The second-order valence-electron chi connectivity index (χ2n) is 10.4. The second-order valence-corrected chi connectivity index (χ2v) is 10.4. The van der Waals surface area contributed by atoms with Gasteiger partial charge in [-0.15, -0.1) is 0 Å². The van der Waals surface area contributed by atoms with Gasteiger partial charge < -0.3 is 19.3 Å². The van der Waals surface area contributed by atoms with Gasteiger partial charge in [-0.2, -0.15) is 0 Å². The Hall–Kier alpha value is -3.60. The third kappa shape index (κ3) is 4.20. The number of methoxy groups -OCH3 is 2. The predicted molar refractivity (Wildman–Crippen MR) is 152 cm³/mol. The average molecular weight is 493 g/mol. The third-order valence-corrected chi connectivity index (χ3v) is 7.36. The lowest BCUT2D eigenvalue weighted by atomic mass is 9.65. The van der Waals surface area contributed by atoms with E-state index in [-0.39, 0.29) is 0 Å². The van der Waals surface area contributed by atoms with E-state index in [0.29, 0.717) is 0 Å². The second kappa shape index (κ2) is 10.0. The summed E-state index contributed by atoms with van der Waals surface area (Å²) in [6, 6.07) is 30.9. The molecule has 0 aromatic heterocycles. The maximum atomic E-state index is 5.56. The summed E-state index contributed by atoms with van der Waals surface area (Å²) in [5.74, 6) is 1.71. The lowest BCUT2D eigenvalue weighted by Crippen LogP contribution is -2.32. The van der Waals surface area contributed by atoms with E-state index in [4.69, 9.17) is 9.47 Å². The van der Waals surface area contributed by atoms with Crippen LogP contribution in [0.25, 0.3) is 11.1 Å². The minimum atomic E-state index is -0.484. The Balaban J connectivity index is 1.95. The van der Waals surface area contributed by atoms with Crippen LogP contribution in [-0.4, -0.2) is 52.2 Å². The van der Waals surface area contributed by atoms with Crippen LogP contribution in [0.4, 0.5) is 0 Å². The van der Waals surface area contributed by atoms with E-state index in [1.165, 1.54) is 44.5 Å². The van der Waals surface area contributed by atoms with Gasteiger partial charge in [0.25, 0.3) is 0 Å². The largest absolute Gasteiger partial charge is 0.497 e. The van der Waals surface area contributed by atoms with Crippen LogP contribution >= 0.6 is 0 Å². The molecular weight excluding hydrogens is 456 g/mol. The minimum Gasteiger partial charge on any atom is -0.497 e. The van der Waals surface area contributed by atoms with Gasteiger partial charge in [0, 0.05) is 13.1 Å². The Morgan fingerprint density at radius 1 is 0.541 bits per heavy atom. The molecule has 0 aliphatic heterocycles. The van der Waals surface area contributed by atoms with Gasteiger partial charge in [0.15, 0.2) is 0 Å². The van der Waals surface area contributed by atoms with Crippen molar-refractivity contribution in [1.29, 1.82) is 0 Å². The van der Waals surface area contributed by atoms with Crippen LogP contribution in [0.5, 0.6) is 11.5 Å². The number of rotatable bonds is 8. The fourth-order valence-corrected chi connectivity index (χ4v) is 6.03. The van der Waals surface area contributed by atoms with Gasteiger partial charge >= 0.3 is 0 Å². The number of benzene rings is 4. The number of ether oxygens (including phenoxy) is 2. The zero-order valence-electron chi connectivity index (χ0n) is 22.7. The molecular formula is C33H36N2O2. The van der Waals surface area contributed by atoms with Crippen LogP contribution in [-0.2, 0) is 18.5 Å². The van der Waals surface area contributed by atoms with Crippen LogP contribution < -0.4 is 9.47 Å². The van der Waals surface area contributed by atoms with Gasteiger partial charge in [0.1, 0.15) is 11.5 Å². The minimum absolute atomic E-state index is 0.484. The molecule has 0 saturated carbocycles. The van der Waals surface area contributed by atoms with Gasteiger partial charge in [-0.3, -0.25) is 0 Å². The fraction of sp³-hybridized carbons (Fsp3) is 0.273. The summed E-state index contributed by atoms with van der Waals surface area (Å²) in [7, 11) is 12.0. The molecule has 0 amide bonds. The molecule has 0 atom stereocenters. The number of fused-ring (bicyclic) bond motifs is 3. The van der Waals surface area contributed by atoms with Crippen molar-refractivity contribution in [3.05, 3.63) is 118 Å². The van der Waals surface area contributed by atoms with Crippen molar-refractivity contribution in [2.45, 2.75) is 18.5 Å². The fourth-order valence-electron chi connectivity index (χ4n) is 6.03. The van der Waals surface area contributed by atoms with Crippen molar-refractivity contribution in [1.82, 2.24) is 9.80 Å². The molecule has 4 aromatic rings. The van der Waals surface area contributed by atoms with Gasteiger partial charge in [0.05, 0.1) is 19.6 Å². The molecule has 0 spiro atoms. The zero-order valence-corrected chi connectivity index (χ0v) is 22.7. The molecule has 0 radical (unpaired) electrons. The van der Waals surface area contributed by atoms with E-state index >= 15 is 0 Å². The monoisotopic (exact) mass is 492 g/mol. The van der Waals surface area contributed by atoms with Gasteiger partial charge in [-0.05, 0) is 97.0 Å². The molecule has 4 heteroatoms. The molecule has 0 saturated heterocycles. The molecule has 5 rings (SSSR count). The van der Waals surface area contributed by atoms with Crippen LogP contribution in [0.2, 0.25) is 0 Å². The van der Waals surface area contributed by atoms with E-state index < -0.39 is 5.41 Å². The third-order valence-electron chi connectivity index (χ3n) is 7.36. The molecule has 1 aliphatic carbocycles. The number of nitrogens with zero attached hydrogens (tertiary/aromatic N) is 2. The quantitative estimate of drug-likeness (QED) is 0.258. The smallest absolute Gasteiger partial charge is 0.118 e. The summed E-state index contributed by atoms with van der Waals surface area (Å²) in [6.45, 7) is 1.71. The maximum absolute atomic E-state index is 5.56. The average Bonchev–Trinajstić information content (AvgIpc) is 3.21. The highest BCUT2D eigenvalue weighted by atomic mass is 16.5. The van der Waals surface area contributed by atoms with Crippen LogP contribution in [0, 0.1) is 0 Å². The normalized spacial score (nSPS) is 13.5. The summed E-state index contributed by atoms with van der Waals surface area (Å²) < 4.78 is 11.1. The first-order valence-electron chi connectivity index (χ1n) is 12.7. The van der Waals surface area contributed by atoms with Crippen molar-refractivity contribution in [3.63, 3.8) is 0 Å². The van der Waals surface area contributed by atoms with E-state index in [1.807, 2.05) is 0 Å². The van der Waals surface area contributed by atoms with Crippen LogP contribution in [0.15, 0.2) is 84.9 Å². The summed E-state index contributed by atoms with van der Waals surface area (Å²) in [5, 5.41) is 0. The number of hydrogen-bond acceptors (Lipinski definition) is 4. The van der Waals surface area contributed by atoms with E-state index in [0.717, 1.165) is 24.6 Å². The predicted octanol–water partition coefficient (Wildman–Crippen LogP) is 6.19. The first kappa shape index (κ1) is 25.1. The Kier molecular flexibility index (Phi) is 6.80. The first-order valence-corrected chi connectivity index (χ1v) is 12.7. The van der Waals surface area contributed by atoms with Crippen molar-refractivity contribution < 1.29 is 9.47 Å². The molecule has 4 aromatic carbocycles. The Bertz CT molecular complexity index is 1280. The Labute approximate surface area is 221 Å². The van der Waals surface area contributed by atoms with Gasteiger partial charge in [-0.1, -0.05) is 60.7 Å². The Morgan fingerprint density at radius 2 is 0.919 bits per heavy atom. The molecule has 37 heavy (non-hydrogen) atoms. The first-order chi connectivity index (χ1) is 17.9. The highest BCUT2D eigenvalue weighted by Gasteiger charge is 2.48.